The minimum Gasteiger partial charge on any atom is -0.490 e. The molecule has 0 fully saturated rings. The molecule has 0 rings (SSSR count). The van der Waals surface area contributed by atoms with Gasteiger partial charge in [0.15, 0.2) is 6.26 Å². The molecule has 1 nitrogen and oxygen atoms in total. The van der Waals surface area contributed by atoms with E-state index in [1.165, 1.54) is 12.8 Å². The van der Waals surface area contributed by atoms with Gasteiger partial charge in [-0.1, -0.05) is 26.3 Å². The van der Waals surface area contributed by atoms with Crippen LogP contribution < -0.4 is 0 Å². The summed E-state index contributed by atoms with van der Waals surface area (Å²) < 4.78 is 4.77. The lowest BCUT2D eigenvalue weighted by Gasteiger charge is -1.95. The van der Waals surface area contributed by atoms with E-state index in [0.717, 1.165) is 13.0 Å². The van der Waals surface area contributed by atoms with Crippen molar-refractivity contribution in [3.63, 3.8) is 0 Å². The molecule has 0 saturated carbocycles. The normalized spacial score (nSPS) is 8.62. The van der Waals surface area contributed by atoms with E-state index in [4.69, 9.17) is 4.74 Å². The van der Waals surface area contributed by atoms with Gasteiger partial charge in [0.05, 0.1) is 6.61 Å². The molecule has 8 heavy (non-hydrogen) atoms. The van der Waals surface area contributed by atoms with E-state index >= 15 is 0 Å². The maximum absolute atomic E-state index is 4.77. The molecule has 0 aromatic rings. The molecular formula is C7H13O. The highest BCUT2D eigenvalue weighted by molar-refractivity contribution is 4.39. The second kappa shape index (κ2) is 6.54. The highest BCUT2D eigenvalue weighted by Gasteiger charge is 1.81. The third-order valence-electron chi connectivity index (χ3n) is 0.952. The van der Waals surface area contributed by atoms with Crippen LogP contribution in [0.4, 0.5) is 0 Å². The molecule has 0 heterocycles. The van der Waals surface area contributed by atoms with Crippen molar-refractivity contribution in [2.24, 2.45) is 0 Å². The van der Waals surface area contributed by atoms with Crippen LogP contribution in [0.15, 0.2) is 6.58 Å². The van der Waals surface area contributed by atoms with Gasteiger partial charge in [-0.2, -0.15) is 0 Å². The second-order valence-electron chi connectivity index (χ2n) is 1.70. The van der Waals surface area contributed by atoms with Crippen LogP contribution >= 0.6 is 0 Å². The fourth-order valence-electron chi connectivity index (χ4n) is 0.496. The molecule has 0 aromatic carbocycles. The number of ether oxygens (including phenoxy) is 1. The first-order chi connectivity index (χ1) is 3.91. The summed E-state index contributed by atoms with van der Waals surface area (Å²) in [6.45, 7) is 6.25. The monoisotopic (exact) mass is 113 g/mol. The summed E-state index contributed by atoms with van der Waals surface area (Å²) in [6.07, 6.45) is 5.98. The van der Waals surface area contributed by atoms with E-state index in [2.05, 4.69) is 19.8 Å². The molecule has 0 saturated heterocycles. The van der Waals surface area contributed by atoms with Crippen LogP contribution in [0.2, 0.25) is 0 Å². The predicted octanol–water partition coefficient (Wildman–Crippen LogP) is 2.14. The van der Waals surface area contributed by atoms with E-state index < -0.39 is 0 Å². The average Bonchev–Trinajstić information content (AvgIpc) is 1.81. The van der Waals surface area contributed by atoms with Crippen molar-refractivity contribution < 1.29 is 4.74 Å². The quantitative estimate of drug-likeness (QED) is 0.392. The van der Waals surface area contributed by atoms with Crippen molar-refractivity contribution in [3.05, 3.63) is 12.8 Å². The molecule has 1 heteroatoms. The third kappa shape index (κ3) is 5.54. The predicted molar refractivity (Wildman–Crippen MR) is 34.3 cm³/mol. The summed E-state index contributed by atoms with van der Waals surface area (Å²) in [5.41, 5.74) is 0. The van der Waals surface area contributed by atoms with Gasteiger partial charge in [0, 0.05) is 0 Å². The highest BCUT2D eigenvalue weighted by atomic mass is 16.5. The van der Waals surface area contributed by atoms with Gasteiger partial charge >= 0.3 is 0 Å². The largest absolute Gasteiger partial charge is 0.490 e. The lowest BCUT2D eigenvalue weighted by Crippen LogP contribution is -1.85. The van der Waals surface area contributed by atoms with Crippen molar-refractivity contribution in [2.45, 2.75) is 26.2 Å². The van der Waals surface area contributed by atoms with Crippen molar-refractivity contribution in [2.75, 3.05) is 6.61 Å². The van der Waals surface area contributed by atoms with Crippen LogP contribution in [0.3, 0.4) is 0 Å². The average molecular weight is 113 g/mol. The Labute approximate surface area is 51.4 Å². The van der Waals surface area contributed by atoms with Crippen LogP contribution in [0.5, 0.6) is 0 Å². The van der Waals surface area contributed by atoms with Crippen LogP contribution in [0, 0.1) is 6.26 Å². The molecular weight excluding hydrogens is 100 g/mol. The minimum absolute atomic E-state index is 0.775. The summed E-state index contributed by atoms with van der Waals surface area (Å²) in [5, 5.41) is 0. The minimum atomic E-state index is 0.775. The van der Waals surface area contributed by atoms with Crippen molar-refractivity contribution in [1.29, 1.82) is 0 Å². The van der Waals surface area contributed by atoms with Gasteiger partial charge in [-0.25, -0.2) is 0 Å². The lowest BCUT2D eigenvalue weighted by atomic mass is 10.3. The Kier molecular flexibility index (Phi) is 6.16. The molecule has 0 amide bonds. The molecule has 0 aliphatic heterocycles. The van der Waals surface area contributed by atoms with E-state index in [1.807, 2.05) is 0 Å². The topological polar surface area (TPSA) is 9.23 Å². The smallest absolute Gasteiger partial charge is 0.153 e. The molecule has 0 bridgehead atoms. The summed E-state index contributed by atoms with van der Waals surface area (Å²) >= 11 is 0. The van der Waals surface area contributed by atoms with Gasteiger partial charge in [-0.3, -0.25) is 0 Å². The van der Waals surface area contributed by atoms with E-state index in [0.29, 0.717) is 0 Å². The Hall–Kier alpha value is -0.460. The Morgan fingerprint density at radius 2 is 2.25 bits per heavy atom. The van der Waals surface area contributed by atoms with E-state index in [-0.39, 0.29) is 0 Å². The summed E-state index contributed by atoms with van der Waals surface area (Å²) in [4.78, 5) is 0. The molecule has 0 atom stereocenters. The first-order valence-corrected chi connectivity index (χ1v) is 3.05. The first-order valence-electron chi connectivity index (χ1n) is 3.05. The molecule has 47 valence electrons. The fourth-order valence-corrected chi connectivity index (χ4v) is 0.496. The highest BCUT2D eigenvalue weighted by Crippen LogP contribution is 1.92. The standard InChI is InChI=1S/C7H13O/c1-3-5-6-7-8-4-2/h2-3,5-7H2,1H3. The lowest BCUT2D eigenvalue weighted by molar-refractivity contribution is 0.223. The summed E-state index contributed by atoms with van der Waals surface area (Å²) in [6, 6.07) is 0. The van der Waals surface area contributed by atoms with Gasteiger partial charge in [-0.15, -0.1) is 0 Å². The first kappa shape index (κ1) is 7.54. The molecule has 0 spiro atoms. The number of hydrogen-bond donors (Lipinski definition) is 0. The number of unbranched alkanes of at least 4 members (excludes halogenated alkanes) is 2. The zero-order valence-corrected chi connectivity index (χ0v) is 5.44. The Morgan fingerprint density at radius 3 is 2.75 bits per heavy atom. The second-order valence-corrected chi connectivity index (χ2v) is 1.70. The van der Waals surface area contributed by atoms with Gasteiger partial charge in [0.25, 0.3) is 0 Å². The summed E-state index contributed by atoms with van der Waals surface area (Å²) in [7, 11) is 0. The zero-order chi connectivity index (χ0) is 6.24. The van der Waals surface area contributed by atoms with Gasteiger partial charge in [0.2, 0.25) is 0 Å². The van der Waals surface area contributed by atoms with Crippen molar-refractivity contribution in [3.8, 4) is 0 Å². The van der Waals surface area contributed by atoms with Gasteiger partial charge < -0.3 is 4.74 Å². The van der Waals surface area contributed by atoms with Crippen molar-refractivity contribution >= 4 is 0 Å². The van der Waals surface area contributed by atoms with Crippen LogP contribution in [0.1, 0.15) is 26.2 Å². The maximum Gasteiger partial charge on any atom is 0.153 e. The van der Waals surface area contributed by atoms with Gasteiger partial charge in [-0.05, 0) is 6.42 Å². The molecule has 0 aliphatic rings. The molecule has 0 unspecified atom stereocenters. The Morgan fingerprint density at radius 1 is 1.50 bits per heavy atom. The van der Waals surface area contributed by atoms with Gasteiger partial charge in [0.1, 0.15) is 0 Å². The molecule has 1 radical (unpaired) electrons. The maximum atomic E-state index is 4.77. The SMILES string of the molecule is C=[C]OCCCCC. The van der Waals surface area contributed by atoms with Crippen LogP contribution in [-0.2, 0) is 4.74 Å². The Bertz CT molecular complexity index is 50.3. The van der Waals surface area contributed by atoms with Crippen LogP contribution in [0.25, 0.3) is 0 Å². The molecule has 0 N–H and O–H groups in total. The van der Waals surface area contributed by atoms with E-state index in [1.54, 1.807) is 0 Å². The zero-order valence-electron chi connectivity index (χ0n) is 5.44. The fraction of sp³-hybridized carbons (Fsp3) is 0.714. The van der Waals surface area contributed by atoms with Crippen LogP contribution in [-0.4, -0.2) is 6.61 Å². The van der Waals surface area contributed by atoms with Crippen molar-refractivity contribution in [1.82, 2.24) is 0 Å². The summed E-state index contributed by atoms with van der Waals surface area (Å²) in [5.74, 6) is 0. The van der Waals surface area contributed by atoms with E-state index in [9.17, 15) is 0 Å². The molecule has 0 aliphatic carbocycles. The molecule has 0 aromatic heterocycles. The number of rotatable bonds is 5. The Balaban J connectivity index is 2.62. The number of hydrogen-bond acceptors (Lipinski definition) is 1. The third-order valence-corrected chi connectivity index (χ3v) is 0.952.